The summed E-state index contributed by atoms with van der Waals surface area (Å²) in [5, 5.41) is 0.285. The molecule has 10 heteroatoms. The Kier molecular flexibility index (Phi) is 5.49. The average molecular weight is 408 g/mol. The second-order valence-corrected chi connectivity index (χ2v) is 9.00. The maximum absolute atomic E-state index is 14.0. The van der Waals surface area contributed by atoms with Crippen LogP contribution in [0.2, 0.25) is 0 Å². The third-order valence-corrected chi connectivity index (χ3v) is 6.17. The molecule has 142 valence electrons. The largest absolute Gasteiger partial charge is 0.281 e. The molecule has 0 aliphatic heterocycles. The van der Waals surface area contributed by atoms with E-state index in [2.05, 4.69) is 9.97 Å². The molecular formula is C17H17FN4O3S2. The van der Waals surface area contributed by atoms with Gasteiger partial charge in [-0.3, -0.25) is 14.7 Å². The average Bonchev–Trinajstić information content (AvgIpc) is 3.05. The van der Waals surface area contributed by atoms with Crippen LogP contribution in [0.3, 0.4) is 0 Å². The molecule has 0 aliphatic rings. The molecule has 0 bridgehead atoms. The number of benzene rings is 1. The number of carbonyl (C=O) groups excluding carboxylic acids is 1. The first-order valence-corrected chi connectivity index (χ1v) is 10.6. The van der Waals surface area contributed by atoms with Crippen LogP contribution in [0.15, 0.2) is 42.6 Å². The Hall–Kier alpha value is -2.43. The first-order valence-electron chi connectivity index (χ1n) is 7.92. The molecule has 0 radical (unpaired) electrons. The van der Waals surface area contributed by atoms with E-state index in [0.29, 0.717) is 10.4 Å². The molecule has 2 heterocycles. The number of sulfonamides is 1. The normalized spacial score (nSPS) is 11.9. The van der Waals surface area contributed by atoms with Crippen molar-refractivity contribution < 1.29 is 17.6 Å². The highest BCUT2D eigenvalue weighted by Crippen LogP contribution is 2.31. The third kappa shape index (κ3) is 4.46. The molecule has 2 aromatic heterocycles. The van der Waals surface area contributed by atoms with Gasteiger partial charge in [-0.1, -0.05) is 23.5 Å². The maximum atomic E-state index is 14.0. The van der Waals surface area contributed by atoms with E-state index in [1.165, 1.54) is 18.0 Å². The number of pyridine rings is 1. The van der Waals surface area contributed by atoms with Crippen LogP contribution in [0.4, 0.5) is 9.52 Å². The van der Waals surface area contributed by atoms with Crippen molar-refractivity contribution >= 4 is 42.6 Å². The van der Waals surface area contributed by atoms with Gasteiger partial charge in [0.05, 0.1) is 29.7 Å². The highest BCUT2D eigenvalue weighted by molar-refractivity contribution is 7.88. The molecule has 1 amide bonds. The number of carbonyl (C=O) groups is 1. The summed E-state index contributed by atoms with van der Waals surface area (Å²) in [4.78, 5) is 22.6. The van der Waals surface area contributed by atoms with E-state index in [1.54, 1.807) is 36.5 Å². The summed E-state index contributed by atoms with van der Waals surface area (Å²) in [5.74, 6) is -0.957. The number of hydrogen-bond donors (Lipinski definition) is 0. The minimum Gasteiger partial charge on any atom is -0.281 e. The third-order valence-electron chi connectivity index (χ3n) is 3.86. The van der Waals surface area contributed by atoms with Crippen LogP contribution >= 0.6 is 11.3 Å². The number of aromatic nitrogens is 2. The summed E-state index contributed by atoms with van der Waals surface area (Å²) in [6.07, 6.45) is 2.62. The van der Waals surface area contributed by atoms with Crippen molar-refractivity contribution in [2.75, 3.05) is 24.7 Å². The lowest BCUT2D eigenvalue weighted by atomic mass is 10.3. The first kappa shape index (κ1) is 19.3. The van der Waals surface area contributed by atoms with Crippen LogP contribution in [-0.4, -0.2) is 48.4 Å². The van der Waals surface area contributed by atoms with Crippen molar-refractivity contribution in [3.8, 4) is 0 Å². The Morgan fingerprint density at radius 3 is 2.63 bits per heavy atom. The first-order chi connectivity index (χ1) is 12.8. The number of nitrogens with zero attached hydrogens (tertiary/aromatic N) is 4. The Labute approximate surface area is 160 Å². The van der Waals surface area contributed by atoms with Crippen LogP contribution in [0.25, 0.3) is 10.2 Å². The van der Waals surface area contributed by atoms with Crippen molar-refractivity contribution in [2.45, 2.75) is 6.54 Å². The highest BCUT2D eigenvalue weighted by Gasteiger charge is 2.25. The van der Waals surface area contributed by atoms with Gasteiger partial charge < -0.3 is 0 Å². The van der Waals surface area contributed by atoms with Gasteiger partial charge in [0.15, 0.2) is 5.13 Å². The summed E-state index contributed by atoms with van der Waals surface area (Å²) < 4.78 is 38.8. The van der Waals surface area contributed by atoms with Crippen LogP contribution < -0.4 is 4.90 Å². The van der Waals surface area contributed by atoms with Crippen molar-refractivity contribution in [1.29, 1.82) is 0 Å². The van der Waals surface area contributed by atoms with Gasteiger partial charge in [0, 0.05) is 13.2 Å². The Morgan fingerprint density at radius 2 is 2.00 bits per heavy atom. The fourth-order valence-corrected chi connectivity index (χ4v) is 3.67. The van der Waals surface area contributed by atoms with Gasteiger partial charge in [0.2, 0.25) is 15.9 Å². The molecule has 0 N–H and O–H groups in total. The van der Waals surface area contributed by atoms with Gasteiger partial charge in [0.1, 0.15) is 11.3 Å². The van der Waals surface area contributed by atoms with Crippen LogP contribution in [0.5, 0.6) is 0 Å². The number of likely N-dealkylation sites (N-methyl/N-ethyl adjacent to an activating group) is 1. The number of thiazole rings is 1. The van der Waals surface area contributed by atoms with E-state index in [-0.39, 0.29) is 23.7 Å². The van der Waals surface area contributed by atoms with Gasteiger partial charge in [-0.15, -0.1) is 0 Å². The fourth-order valence-electron chi connectivity index (χ4n) is 2.33. The smallest absolute Gasteiger partial charge is 0.244 e. The molecule has 0 atom stereocenters. The lowest BCUT2D eigenvalue weighted by Gasteiger charge is -2.22. The summed E-state index contributed by atoms with van der Waals surface area (Å²) >= 11 is 1.16. The zero-order chi connectivity index (χ0) is 19.6. The van der Waals surface area contributed by atoms with E-state index in [1.807, 2.05) is 0 Å². The van der Waals surface area contributed by atoms with E-state index < -0.39 is 21.7 Å². The van der Waals surface area contributed by atoms with Gasteiger partial charge in [0.25, 0.3) is 0 Å². The molecule has 0 fully saturated rings. The van der Waals surface area contributed by atoms with E-state index in [9.17, 15) is 17.6 Å². The van der Waals surface area contributed by atoms with E-state index >= 15 is 0 Å². The SMILES string of the molecule is CN(CC(=O)N(Cc1ccccn1)c1nc2c(F)cccc2s1)S(C)(=O)=O. The van der Waals surface area contributed by atoms with Gasteiger partial charge in [-0.2, -0.15) is 4.31 Å². The molecule has 0 unspecified atom stereocenters. The number of amides is 1. The number of fused-ring (bicyclic) bond motifs is 1. The number of halogens is 1. The number of hydrogen-bond acceptors (Lipinski definition) is 6. The van der Waals surface area contributed by atoms with Crippen molar-refractivity contribution in [3.05, 3.63) is 54.1 Å². The number of rotatable bonds is 6. The summed E-state index contributed by atoms with van der Waals surface area (Å²) in [5.41, 5.74) is 0.778. The predicted octanol–water partition coefficient (Wildman–Crippen LogP) is 2.25. The molecule has 0 saturated heterocycles. The van der Waals surface area contributed by atoms with Gasteiger partial charge in [-0.25, -0.2) is 17.8 Å². The molecule has 27 heavy (non-hydrogen) atoms. The molecular weight excluding hydrogens is 391 g/mol. The standard InChI is InChI=1S/C17H17FN4O3S2/c1-21(27(2,24)25)11-15(23)22(10-12-6-3-4-9-19-12)17-20-16-13(18)7-5-8-14(16)26-17/h3-9H,10-11H2,1-2H3. The van der Waals surface area contributed by atoms with Gasteiger partial charge in [-0.05, 0) is 24.3 Å². The Morgan fingerprint density at radius 1 is 1.22 bits per heavy atom. The molecule has 3 aromatic rings. The minimum atomic E-state index is -3.52. The second kappa shape index (κ2) is 7.67. The Balaban J connectivity index is 1.98. The van der Waals surface area contributed by atoms with Crippen molar-refractivity contribution in [1.82, 2.24) is 14.3 Å². The summed E-state index contributed by atoms with van der Waals surface area (Å²) in [7, 11) is -2.20. The minimum absolute atomic E-state index is 0.0959. The molecule has 1 aromatic carbocycles. The number of anilines is 1. The molecule has 0 aliphatic carbocycles. The van der Waals surface area contributed by atoms with E-state index in [0.717, 1.165) is 21.9 Å². The fraction of sp³-hybridized carbons (Fsp3) is 0.235. The van der Waals surface area contributed by atoms with Gasteiger partial charge >= 0.3 is 0 Å². The zero-order valence-corrected chi connectivity index (χ0v) is 16.3. The maximum Gasteiger partial charge on any atom is 0.244 e. The number of para-hydroxylation sites is 1. The monoisotopic (exact) mass is 408 g/mol. The molecule has 0 saturated carbocycles. The van der Waals surface area contributed by atoms with E-state index in [4.69, 9.17) is 0 Å². The predicted molar refractivity (Wildman–Crippen MR) is 102 cm³/mol. The quantitative estimate of drug-likeness (QED) is 0.625. The molecule has 0 spiro atoms. The molecule has 3 rings (SSSR count). The summed E-state index contributed by atoms with van der Waals surface area (Å²) in [6.45, 7) is -0.261. The van der Waals surface area contributed by atoms with Crippen LogP contribution in [0, 0.1) is 5.82 Å². The lowest BCUT2D eigenvalue weighted by molar-refractivity contribution is -0.118. The van der Waals surface area contributed by atoms with Crippen molar-refractivity contribution in [2.24, 2.45) is 0 Å². The highest BCUT2D eigenvalue weighted by atomic mass is 32.2. The van der Waals surface area contributed by atoms with Crippen LogP contribution in [0.1, 0.15) is 5.69 Å². The topological polar surface area (TPSA) is 83.5 Å². The van der Waals surface area contributed by atoms with Crippen molar-refractivity contribution in [3.63, 3.8) is 0 Å². The molecule has 7 nitrogen and oxygen atoms in total. The summed E-state index contributed by atoms with van der Waals surface area (Å²) in [6, 6.07) is 9.86. The Bertz CT molecular complexity index is 1070. The lowest BCUT2D eigenvalue weighted by Crippen LogP contribution is -2.40. The van der Waals surface area contributed by atoms with Crippen LogP contribution in [-0.2, 0) is 21.4 Å². The second-order valence-electron chi connectivity index (χ2n) is 5.90. The zero-order valence-electron chi connectivity index (χ0n) is 14.7.